The zero-order valence-electron chi connectivity index (χ0n) is 32.9. The highest BCUT2D eigenvalue weighted by Crippen LogP contribution is 2.43. The Hall–Kier alpha value is -0.760. The summed E-state index contributed by atoms with van der Waals surface area (Å²) in [5.74, 6) is -0.155. The lowest BCUT2D eigenvalue weighted by Crippen LogP contribution is -2.46. The van der Waals surface area contributed by atoms with E-state index in [1.807, 2.05) is 21.1 Å². The molecule has 0 aliphatic rings. The fraction of sp³-hybridized carbons (Fsp3) is 0.925. The number of aliphatic hydroxyl groups excluding tert-OH is 1. The number of phosphoric ester groups is 1. The van der Waals surface area contributed by atoms with Crippen molar-refractivity contribution in [3.8, 4) is 0 Å². The maximum Gasteiger partial charge on any atom is 0.472 e. The van der Waals surface area contributed by atoms with Gasteiger partial charge in [0.25, 0.3) is 0 Å². The first kappa shape index (κ1) is 48.2. The highest BCUT2D eigenvalue weighted by molar-refractivity contribution is 7.47. The molecule has 0 fully saturated rings. The molecule has 8 nitrogen and oxygen atoms in total. The number of aliphatic hydroxyl groups is 1. The lowest BCUT2D eigenvalue weighted by Gasteiger charge is -2.26. The lowest BCUT2D eigenvalue weighted by molar-refractivity contribution is -0.870. The van der Waals surface area contributed by atoms with Crippen LogP contribution in [-0.4, -0.2) is 73.4 Å². The maximum absolute atomic E-state index is 12.8. The van der Waals surface area contributed by atoms with Crippen LogP contribution in [0.15, 0.2) is 12.2 Å². The van der Waals surface area contributed by atoms with Gasteiger partial charge in [0.15, 0.2) is 0 Å². The molecule has 1 amide bonds. The molecular weight excluding hydrogens is 635 g/mol. The molecule has 0 aromatic rings. The quantitative estimate of drug-likeness (QED) is 0.0256. The second-order valence-electron chi connectivity index (χ2n) is 15.4. The monoisotopic (exact) mass is 718 g/mol. The summed E-state index contributed by atoms with van der Waals surface area (Å²) in [6.45, 7) is 4.84. The first-order chi connectivity index (χ1) is 23.5. The van der Waals surface area contributed by atoms with Gasteiger partial charge in [-0.2, -0.15) is 0 Å². The summed E-state index contributed by atoms with van der Waals surface area (Å²) in [7, 11) is 1.61. The van der Waals surface area contributed by atoms with E-state index < -0.39 is 20.0 Å². The topological polar surface area (TPSA) is 105 Å². The lowest BCUT2D eigenvalue weighted by atomic mass is 10.0. The van der Waals surface area contributed by atoms with Gasteiger partial charge in [0.1, 0.15) is 13.2 Å². The van der Waals surface area contributed by atoms with Gasteiger partial charge in [0.2, 0.25) is 5.91 Å². The summed E-state index contributed by atoms with van der Waals surface area (Å²) in [5, 5.41) is 13.9. The Morgan fingerprint density at radius 2 is 1.12 bits per heavy atom. The summed E-state index contributed by atoms with van der Waals surface area (Å²) in [6.07, 6.45) is 35.2. The Labute approximate surface area is 303 Å². The van der Waals surface area contributed by atoms with E-state index in [4.69, 9.17) is 9.05 Å². The summed E-state index contributed by atoms with van der Waals surface area (Å²) >= 11 is 0. The van der Waals surface area contributed by atoms with Gasteiger partial charge in [-0.3, -0.25) is 13.8 Å². The molecule has 0 bridgehead atoms. The van der Waals surface area contributed by atoms with Gasteiger partial charge in [-0.25, -0.2) is 4.57 Å². The van der Waals surface area contributed by atoms with Crippen LogP contribution in [0, 0.1) is 0 Å². The minimum atomic E-state index is -4.30. The Morgan fingerprint density at radius 1 is 0.673 bits per heavy atom. The molecule has 0 aliphatic heterocycles. The molecule has 49 heavy (non-hydrogen) atoms. The highest BCUT2D eigenvalue weighted by atomic mass is 31.2. The van der Waals surface area contributed by atoms with E-state index in [0.717, 1.165) is 51.4 Å². The van der Waals surface area contributed by atoms with Crippen LogP contribution < -0.4 is 5.32 Å². The van der Waals surface area contributed by atoms with Gasteiger partial charge in [0, 0.05) is 6.42 Å². The molecule has 3 unspecified atom stereocenters. The van der Waals surface area contributed by atoms with Crippen molar-refractivity contribution in [3.05, 3.63) is 12.2 Å². The molecular formula is C40H82N2O6P+. The average molecular weight is 718 g/mol. The number of nitrogens with one attached hydrogen (secondary N) is 1. The smallest absolute Gasteiger partial charge is 0.391 e. The molecule has 0 heterocycles. The van der Waals surface area contributed by atoms with Crippen molar-refractivity contribution in [1.82, 2.24) is 5.32 Å². The number of unbranched alkanes of at least 4 members (excludes halogenated alkanes) is 22. The van der Waals surface area contributed by atoms with Gasteiger partial charge >= 0.3 is 7.82 Å². The second kappa shape index (κ2) is 33.1. The maximum atomic E-state index is 12.8. The van der Waals surface area contributed by atoms with Crippen LogP contribution in [0.25, 0.3) is 0 Å². The van der Waals surface area contributed by atoms with Crippen molar-refractivity contribution in [2.24, 2.45) is 0 Å². The average Bonchev–Trinajstić information content (AvgIpc) is 3.04. The summed E-state index contributed by atoms with van der Waals surface area (Å²) in [5.41, 5.74) is 0. The van der Waals surface area contributed by atoms with Gasteiger partial charge in [0.05, 0.1) is 39.9 Å². The number of nitrogens with zero attached hydrogens (tertiary/aromatic N) is 1. The van der Waals surface area contributed by atoms with Crippen molar-refractivity contribution in [1.29, 1.82) is 0 Å². The van der Waals surface area contributed by atoms with E-state index in [1.165, 1.54) is 109 Å². The summed E-state index contributed by atoms with van der Waals surface area (Å²) < 4.78 is 23.5. The third-order valence-corrected chi connectivity index (χ3v) is 10.2. The Morgan fingerprint density at radius 3 is 1.63 bits per heavy atom. The Kier molecular flexibility index (Phi) is 32.6. The number of likely N-dealkylation sites (N-methyl/N-ethyl adjacent to an activating group) is 1. The van der Waals surface area contributed by atoms with E-state index in [2.05, 4.69) is 31.3 Å². The standard InChI is InChI=1S/C40H81N2O6P/c1-6-8-10-12-14-16-18-19-20-21-22-24-25-27-29-31-33-39(43)38(37-48-49(45,46)47-36-35-42(3,4)5)41-40(44)34-32-30-28-26-23-17-15-13-11-9-7-2/h13,15,38-39,43H,6-12,14,16-37H2,1-5H3,(H-,41,44,45,46)/p+1/b15-13-. The third kappa shape index (κ3) is 35.4. The van der Waals surface area contributed by atoms with Gasteiger partial charge < -0.3 is 19.8 Å². The second-order valence-corrected chi connectivity index (χ2v) is 16.8. The van der Waals surface area contributed by atoms with Crippen LogP contribution in [0.1, 0.15) is 187 Å². The van der Waals surface area contributed by atoms with Crippen molar-refractivity contribution in [2.45, 2.75) is 199 Å². The SMILES string of the molecule is CCCC/C=C\CCCCCCCC(=O)NC(COP(=O)(O)OCC[N+](C)(C)C)C(O)CCCCCCCCCCCCCCCCCC. The number of hydrogen-bond acceptors (Lipinski definition) is 5. The summed E-state index contributed by atoms with van der Waals surface area (Å²) in [4.78, 5) is 23.0. The minimum Gasteiger partial charge on any atom is -0.391 e. The molecule has 0 aliphatic carbocycles. The van der Waals surface area contributed by atoms with Crippen LogP contribution in [0.5, 0.6) is 0 Å². The Bertz CT molecular complexity index is 819. The van der Waals surface area contributed by atoms with Crippen molar-refractivity contribution in [2.75, 3.05) is 40.9 Å². The van der Waals surface area contributed by atoms with E-state index in [0.29, 0.717) is 23.9 Å². The van der Waals surface area contributed by atoms with E-state index >= 15 is 0 Å². The Balaban J connectivity index is 4.40. The number of amides is 1. The fourth-order valence-corrected chi connectivity index (χ4v) is 6.64. The molecule has 3 N–H and O–H groups in total. The molecule has 9 heteroatoms. The largest absolute Gasteiger partial charge is 0.472 e. The van der Waals surface area contributed by atoms with Crippen molar-refractivity contribution < 1.29 is 32.9 Å². The fourth-order valence-electron chi connectivity index (χ4n) is 5.91. The summed E-state index contributed by atoms with van der Waals surface area (Å²) in [6, 6.07) is -0.759. The van der Waals surface area contributed by atoms with E-state index in [-0.39, 0.29) is 19.1 Å². The molecule has 0 saturated carbocycles. The molecule has 0 spiro atoms. The number of phosphoric acid groups is 1. The number of rotatable bonds is 37. The van der Waals surface area contributed by atoms with Crippen molar-refractivity contribution in [3.63, 3.8) is 0 Å². The number of carbonyl (C=O) groups excluding carboxylic acids is 1. The molecule has 0 radical (unpaired) electrons. The van der Waals surface area contributed by atoms with Crippen LogP contribution >= 0.6 is 7.82 Å². The van der Waals surface area contributed by atoms with Gasteiger partial charge in [-0.1, -0.05) is 161 Å². The molecule has 3 atom stereocenters. The van der Waals surface area contributed by atoms with Gasteiger partial charge in [-0.15, -0.1) is 0 Å². The number of allylic oxidation sites excluding steroid dienone is 2. The minimum absolute atomic E-state index is 0.0746. The van der Waals surface area contributed by atoms with Gasteiger partial charge in [-0.05, 0) is 32.1 Å². The predicted molar refractivity (Wildman–Crippen MR) is 208 cm³/mol. The van der Waals surface area contributed by atoms with Crippen LogP contribution in [0.3, 0.4) is 0 Å². The molecule has 0 aromatic heterocycles. The predicted octanol–water partition coefficient (Wildman–Crippen LogP) is 10.8. The third-order valence-electron chi connectivity index (χ3n) is 9.26. The number of quaternary nitrogens is 1. The van der Waals surface area contributed by atoms with E-state index in [9.17, 15) is 19.4 Å². The van der Waals surface area contributed by atoms with Crippen LogP contribution in [0.4, 0.5) is 0 Å². The zero-order valence-corrected chi connectivity index (χ0v) is 33.8. The van der Waals surface area contributed by atoms with Crippen LogP contribution in [0.2, 0.25) is 0 Å². The molecule has 0 aromatic carbocycles. The van der Waals surface area contributed by atoms with Crippen LogP contribution in [-0.2, 0) is 18.4 Å². The number of hydrogen-bond donors (Lipinski definition) is 3. The van der Waals surface area contributed by atoms with Crippen molar-refractivity contribution >= 4 is 13.7 Å². The van der Waals surface area contributed by atoms with E-state index in [1.54, 1.807) is 0 Å². The highest BCUT2D eigenvalue weighted by Gasteiger charge is 2.28. The molecule has 292 valence electrons. The number of carbonyl (C=O) groups is 1. The zero-order chi connectivity index (χ0) is 36.5. The molecule has 0 saturated heterocycles. The normalized spacial score (nSPS) is 14.7. The first-order valence-corrected chi connectivity index (χ1v) is 22.0. The molecule has 0 rings (SSSR count). The first-order valence-electron chi connectivity index (χ1n) is 20.6.